The van der Waals surface area contributed by atoms with Gasteiger partial charge in [0.25, 0.3) is 5.91 Å². The molecule has 7 heteroatoms. The van der Waals surface area contributed by atoms with Crippen molar-refractivity contribution in [1.29, 1.82) is 0 Å². The molecule has 0 aromatic heterocycles. The van der Waals surface area contributed by atoms with Gasteiger partial charge < -0.3 is 10.1 Å². The maximum Gasteiger partial charge on any atom is 0.269 e. The summed E-state index contributed by atoms with van der Waals surface area (Å²) in [6, 6.07) is 19.5. The van der Waals surface area contributed by atoms with Gasteiger partial charge in [-0.3, -0.25) is 20.4 Å². The van der Waals surface area contributed by atoms with Crippen molar-refractivity contribution < 1.29 is 14.3 Å². The molecule has 0 unspecified atom stereocenters. The highest BCUT2D eigenvalue weighted by Gasteiger charge is 2.09. The minimum atomic E-state index is -0.274. The number of carbonyl (C=O) groups excluding carboxylic acids is 2. The summed E-state index contributed by atoms with van der Waals surface area (Å²) in [7, 11) is 1.54. The Morgan fingerprint density at radius 2 is 1.73 bits per heavy atom. The Balaban J connectivity index is 1.54. The lowest BCUT2D eigenvalue weighted by Gasteiger charge is -2.11. The molecular formula is C23H22ClN3O3. The lowest BCUT2D eigenvalue weighted by molar-refractivity contribution is -0.115. The van der Waals surface area contributed by atoms with Crippen LogP contribution in [0.3, 0.4) is 0 Å². The first-order chi connectivity index (χ1) is 14.5. The fraction of sp³-hybridized carbons (Fsp3) is 0.130. The number of carbonyl (C=O) groups is 2. The van der Waals surface area contributed by atoms with Crippen LogP contribution in [-0.4, -0.2) is 18.9 Å². The molecule has 0 aliphatic carbocycles. The molecule has 0 heterocycles. The molecular weight excluding hydrogens is 402 g/mol. The van der Waals surface area contributed by atoms with Crippen molar-refractivity contribution in [3.05, 3.63) is 88.4 Å². The summed E-state index contributed by atoms with van der Waals surface area (Å²) >= 11 is 6.09. The van der Waals surface area contributed by atoms with Crippen molar-refractivity contribution in [3.8, 4) is 5.75 Å². The molecule has 6 nitrogen and oxygen atoms in total. The van der Waals surface area contributed by atoms with Gasteiger partial charge >= 0.3 is 0 Å². The molecule has 3 rings (SSSR count). The number of amides is 2. The van der Waals surface area contributed by atoms with E-state index in [4.69, 9.17) is 16.3 Å². The standard InChI is InChI=1S/C23H22ClN3O3/c1-15-5-3-4-6-20(15)26-27-23(29)17-8-10-18(11-9-17)25-22(28)14-16-7-12-21(30-2)19(24)13-16/h3-13,26H,14H2,1-2H3,(H,25,28)(H,27,29). The zero-order chi connectivity index (χ0) is 21.5. The summed E-state index contributed by atoms with van der Waals surface area (Å²) < 4.78 is 5.11. The maximum atomic E-state index is 12.3. The number of hydrogen-bond acceptors (Lipinski definition) is 4. The number of ether oxygens (including phenoxy) is 1. The molecule has 0 saturated carbocycles. The summed E-state index contributed by atoms with van der Waals surface area (Å²) in [5.74, 6) is 0.102. The molecule has 3 aromatic rings. The Hall–Kier alpha value is -3.51. The monoisotopic (exact) mass is 423 g/mol. The van der Waals surface area contributed by atoms with E-state index in [2.05, 4.69) is 16.2 Å². The van der Waals surface area contributed by atoms with Crippen LogP contribution in [0, 0.1) is 6.92 Å². The zero-order valence-corrected chi connectivity index (χ0v) is 17.4. The molecule has 0 atom stereocenters. The maximum absolute atomic E-state index is 12.3. The second-order valence-electron chi connectivity index (χ2n) is 6.67. The molecule has 0 fully saturated rings. The largest absolute Gasteiger partial charge is 0.495 e. The van der Waals surface area contributed by atoms with Gasteiger partial charge in [0.15, 0.2) is 0 Å². The normalized spacial score (nSPS) is 10.2. The van der Waals surface area contributed by atoms with Crippen LogP contribution in [0.5, 0.6) is 5.75 Å². The molecule has 0 aliphatic heterocycles. The smallest absolute Gasteiger partial charge is 0.269 e. The summed E-state index contributed by atoms with van der Waals surface area (Å²) in [5, 5.41) is 3.27. The Bertz CT molecular complexity index is 1050. The number of hydrogen-bond donors (Lipinski definition) is 3. The SMILES string of the molecule is COc1ccc(CC(=O)Nc2ccc(C(=O)NNc3ccccc3C)cc2)cc1Cl. The molecule has 0 spiro atoms. The van der Waals surface area contributed by atoms with Crippen LogP contribution in [0.2, 0.25) is 5.02 Å². The Morgan fingerprint density at radius 3 is 2.40 bits per heavy atom. The minimum Gasteiger partial charge on any atom is -0.495 e. The van der Waals surface area contributed by atoms with E-state index in [1.54, 1.807) is 42.5 Å². The van der Waals surface area contributed by atoms with Crippen molar-refractivity contribution in [2.45, 2.75) is 13.3 Å². The average molecular weight is 424 g/mol. The van der Waals surface area contributed by atoms with E-state index >= 15 is 0 Å². The molecule has 0 saturated heterocycles. The molecule has 0 radical (unpaired) electrons. The number of para-hydroxylation sites is 1. The van der Waals surface area contributed by atoms with E-state index < -0.39 is 0 Å². The van der Waals surface area contributed by atoms with Crippen molar-refractivity contribution in [3.63, 3.8) is 0 Å². The van der Waals surface area contributed by atoms with Gasteiger partial charge in [0.2, 0.25) is 5.91 Å². The van der Waals surface area contributed by atoms with Crippen LogP contribution in [0.15, 0.2) is 66.7 Å². The van der Waals surface area contributed by atoms with E-state index in [1.807, 2.05) is 31.2 Å². The summed E-state index contributed by atoms with van der Waals surface area (Å²) in [6.45, 7) is 1.95. The highest BCUT2D eigenvalue weighted by Crippen LogP contribution is 2.25. The van der Waals surface area contributed by atoms with Crippen LogP contribution < -0.4 is 20.9 Å². The quantitative estimate of drug-likeness (QED) is 0.485. The number of halogens is 1. The predicted octanol–water partition coefficient (Wildman–Crippen LogP) is 4.60. The fourth-order valence-corrected chi connectivity index (χ4v) is 3.11. The third-order valence-corrected chi connectivity index (χ3v) is 4.76. The minimum absolute atomic E-state index is 0.173. The number of hydrazine groups is 1. The number of methoxy groups -OCH3 is 1. The highest BCUT2D eigenvalue weighted by molar-refractivity contribution is 6.32. The number of rotatable bonds is 7. The van der Waals surface area contributed by atoms with Crippen LogP contribution in [-0.2, 0) is 11.2 Å². The second-order valence-corrected chi connectivity index (χ2v) is 7.07. The first-order valence-electron chi connectivity index (χ1n) is 9.30. The molecule has 0 aliphatic rings. The number of aryl methyl sites for hydroxylation is 1. The molecule has 3 aromatic carbocycles. The number of nitrogens with one attached hydrogen (secondary N) is 3. The Labute approximate surface area is 180 Å². The van der Waals surface area contributed by atoms with Gasteiger partial charge in [-0.1, -0.05) is 35.9 Å². The van der Waals surface area contributed by atoms with E-state index in [0.29, 0.717) is 22.0 Å². The molecule has 2 amide bonds. The van der Waals surface area contributed by atoms with Gasteiger partial charge in [-0.15, -0.1) is 0 Å². The van der Waals surface area contributed by atoms with Gasteiger partial charge in [-0.05, 0) is 60.5 Å². The number of anilines is 2. The zero-order valence-electron chi connectivity index (χ0n) is 16.7. The number of benzene rings is 3. The van der Waals surface area contributed by atoms with Crippen LogP contribution in [0.1, 0.15) is 21.5 Å². The molecule has 30 heavy (non-hydrogen) atoms. The summed E-state index contributed by atoms with van der Waals surface area (Å²) in [6.07, 6.45) is 0.173. The topological polar surface area (TPSA) is 79.5 Å². The van der Waals surface area contributed by atoms with Crippen LogP contribution >= 0.6 is 11.6 Å². The Kier molecular flexibility index (Phi) is 6.93. The lowest BCUT2D eigenvalue weighted by Crippen LogP contribution is -2.29. The van der Waals surface area contributed by atoms with Gasteiger partial charge in [0.05, 0.1) is 24.2 Å². The molecule has 3 N–H and O–H groups in total. The fourth-order valence-electron chi connectivity index (χ4n) is 2.82. The van der Waals surface area contributed by atoms with E-state index in [0.717, 1.165) is 16.8 Å². The van der Waals surface area contributed by atoms with Crippen molar-refractivity contribution in [2.24, 2.45) is 0 Å². The van der Waals surface area contributed by atoms with E-state index in [-0.39, 0.29) is 18.2 Å². The summed E-state index contributed by atoms with van der Waals surface area (Å²) in [5.41, 5.74) is 9.27. The highest BCUT2D eigenvalue weighted by atomic mass is 35.5. The molecule has 0 bridgehead atoms. The average Bonchev–Trinajstić information content (AvgIpc) is 2.73. The third-order valence-electron chi connectivity index (χ3n) is 4.47. The van der Waals surface area contributed by atoms with Gasteiger partial charge in [0.1, 0.15) is 5.75 Å². The van der Waals surface area contributed by atoms with Crippen molar-refractivity contribution >= 4 is 34.8 Å². The molecule has 154 valence electrons. The van der Waals surface area contributed by atoms with Gasteiger partial charge in [0, 0.05) is 11.3 Å². The van der Waals surface area contributed by atoms with Gasteiger partial charge in [-0.2, -0.15) is 0 Å². The van der Waals surface area contributed by atoms with Crippen molar-refractivity contribution in [2.75, 3.05) is 17.9 Å². The third kappa shape index (κ3) is 5.52. The lowest BCUT2D eigenvalue weighted by atomic mass is 10.1. The predicted molar refractivity (Wildman–Crippen MR) is 119 cm³/mol. The van der Waals surface area contributed by atoms with E-state index in [1.165, 1.54) is 7.11 Å². The Morgan fingerprint density at radius 1 is 1.00 bits per heavy atom. The summed E-state index contributed by atoms with van der Waals surface area (Å²) in [4.78, 5) is 24.6. The first-order valence-corrected chi connectivity index (χ1v) is 9.68. The van der Waals surface area contributed by atoms with Crippen molar-refractivity contribution in [1.82, 2.24) is 5.43 Å². The van der Waals surface area contributed by atoms with E-state index in [9.17, 15) is 9.59 Å². The van der Waals surface area contributed by atoms with Crippen LogP contribution in [0.4, 0.5) is 11.4 Å². The second kappa shape index (κ2) is 9.80. The van der Waals surface area contributed by atoms with Crippen LogP contribution in [0.25, 0.3) is 0 Å². The van der Waals surface area contributed by atoms with Gasteiger partial charge in [-0.25, -0.2) is 0 Å². The first kappa shape index (κ1) is 21.2.